The summed E-state index contributed by atoms with van der Waals surface area (Å²) < 4.78 is 0. The first-order chi connectivity index (χ1) is 30.6. The molecule has 9 rings (SSSR count). The quantitative estimate of drug-likeness (QED) is 0.149. The normalized spacial score (nSPS) is 11.4. The van der Waals surface area contributed by atoms with Gasteiger partial charge in [0.05, 0.1) is 11.4 Å². The lowest BCUT2D eigenvalue weighted by molar-refractivity contribution is 0.473. The average molecular weight is 818 g/mol. The molecule has 7 aromatic carbocycles. The third kappa shape index (κ3) is 8.80. The van der Waals surface area contributed by atoms with E-state index in [4.69, 9.17) is 9.97 Å². The molecule has 2 heterocycles. The van der Waals surface area contributed by atoms with Crippen molar-refractivity contribution in [3.63, 3.8) is 0 Å². The van der Waals surface area contributed by atoms with Gasteiger partial charge >= 0.3 is 0 Å². The Hall–Kier alpha value is -7.56. The van der Waals surface area contributed by atoms with Crippen molar-refractivity contribution in [2.24, 2.45) is 0 Å². The molecule has 4 nitrogen and oxygen atoms in total. The molecule has 308 valence electrons. The molecule has 1 N–H and O–H groups in total. The van der Waals surface area contributed by atoms with Crippen LogP contribution in [0.1, 0.15) is 48.6 Å². The van der Waals surface area contributed by atoms with Gasteiger partial charge in [-0.25, -0.2) is 9.97 Å². The molecule has 63 heavy (non-hydrogen) atoms. The SMILES string of the molecule is Cc1cc(-c2cc(-c3ccccc3)cc(-c3cc(N(c4ccccc4)c4cc(-c5ccc(Cc6ccccc6)cc5)ccn4)cc(C(C)(C)C)c3)n2)c(O)c(C)c1-c1ccccc1. The van der Waals surface area contributed by atoms with Crippen LogP contribution in [0.2, 0.25) is 0 Å². The second-order valence-electron chi connectivity index (χ2n) is 17.4. The summed E-state index contributed by atoms with van der Waals surface area (Å²) in [4.78, 5) is 12.7. The van der Waals surface area contributed by atoms with E-state index in [1.54, 1.807) is 0 Å². The molecule has 0 aliphatic rings. The topological polar surface area (TPSA) is 49.2 Å². The molecule has 2 aromatic heterocycles. The Morgan fingerprint density at radius 3 is 1.75 bits per heavy atom. The van der Waals surface area contributed by atoms with Crippen LogP contribution in [0.3, 0.4) is 0 Å². The Kier molecular flexibility index (Phi) is 11.3. The molecule has 9 aromatic rings. The van der Waals surface area contributed by atoms with Crippen molar-refractivity contribution in [2.75, 3.05) is 4.90 Å². The molecule has 0 radical (unpaired) electrons. The number of aromatic nitrogens is 2. The molecule has 0 saturated carbocycles. The minimum absolute atomic E-state index is 0.191. The number of phenols is 1. The molecule has 0 unspecified atom stereocenters. The number of nitrogens with zero attached hydrogens (tertiary/aromatic N) is 3. The number of aromatic hydroxyl groups is 1. The van der Waals surface area contributed by atoms with Crippen molar-refractivity contribution in [1.82, 2.24) is 9.97 Å². The summed E-state index contributed by atoms with van der Waals surface area (Å²) in [6.45, 7) is 10.9. The van der Waals surface area contributed by atoms with Gasteiger partial charge in [0.1, 0.15) is 11.6 Å². The van der Waals surface area contributed by atoms with E-state index in [0.717, 1.165) is 84.9 Å². The second-order valence-corrected chi connectivity index (χ2v) is 17.4. The number of rotatable bonds is 10. The van der Waals surface area contributed by atoms with E-state index >= 15 is 0 Å². The molecule has 0 fully saturated rings. The van der Waals surface area contributed by atoms with Crippen molar-refractivity contribution in [3.8, 4) is 61.6 Å². The molecular formula is C59H51N3O. The fourth-order valence-electron chi connectivity index (χ4n) is 8.51. The number of phenolic OH excluding ortho intramolecular Hbond substituents is 1. The molecule has 0 saturated heterocycles. The van der Waals surface area contributed by atoms with Gasteiger partial charge in [-0.1, -0.05) is 154 Å². The maximum absolute atomic E-state index is 12.0. The van der Waals surface area contributed by atoms with E-state index < -0.39 is 0 Å². The summed E-state index contributed by atoms with van der Waals surface area (Å²) in [5.41, 5.74) is 17.0. The maximum atomic E-state index is 12.0. The van der Waals surface area contributed by atoms with Crippen LogP contribution >= 0.6 is 0 Å². The van der Waals surface area contributed by atoms with Crippen molar-refractivity contribution in [1.29, 1.82) is 0 Å². The van der Waals surface area contributed by atoms with Gasteiger partial charge in [-0.3, -0.25) is 4.90 Å². The standard InChI is InChI=1S/C59H51N3O/c1-40-32-53(58(63)41(2)57(40)46-22-14-8-15-23-46)55-37-48(44-20-12-7-13-21-44)36-54(61-55)49-34-50(59(3,4)5)39-52(35-49)62(51-24-16-9-17-25-51)56-38-47(30-31-60-56)45-28-26-43(27-29-45)33-42-18-10-6-11-19-42/h6-32,34-39,63H,33H2,1-5H3. The third-order valence-corrected chi connectivity index (χ3v) is 11.9. The van der Waals surface area contributed by atoms with Gasteiger partial charge in [0, 0.05) is 28.7 Å². The number of pyridine rings is 2. The smallest absolute Gasteiger partial charge is 0.138 e. The lowest BCUT2D eigenvalue weighted by Gasteiger charge is -2.28. The highest BCUT2D eigenvalue weighted by Gasteiger charge is 2.23. The van der Waals surface area contributed by atoms with Crippen LogP contribution in [-0.4, -0.2) is 15.1 Å². The van der Waals surface area contributed by atoms with Crippen LogP contribution in [0, 0.1) is 13.8 Å². The van der Waals surface area contributed by atoms with Crippen molar-refractivity contribution >= 4 is 17.2 Å². The first-order valence-electron chi connectivity index (χ1n) is 21.7. The fraction of sp³-hybridized carbons (Fsp3) is 0.119. The van der Waals surface area contributed by atoms with E-state index in [0.29, 0.717) is 11.3 Å². The molecule has 0 aliphatic carbocycles. The Balaban J connectivity index is 1.19. The fourth-order valence-corrected chi connectivity index (χ4v) is 8.51. The van der Waals surface area contributed by atoms with Crippen molar-refractivity contribution in [3.05, 3.63) is 228 Å². The molecule has 0 spiro atoms. The van der Waals surface area contributed by atoms with Gasteiger partial charge in [-0.05, 0) is 148 Å². The van der Waals surface area contributed by atoms with Gasteiger partial charge < -0.3 is 5.11 Å². The summed E-state index contributed by atoms with van der Waals surface area (Å²) in [5, 5.41) is 12.0. The molecule has 0 atom stereocenters. The zero-order valence-corrected chi connectivity index (χ0v) is 36.5. The van der Waals surface area contributed by atoms with Gasteiger partial charge in [0.15, 0.2) is 0 Å². The van der Waals surface area contributed by atoms with Crippen LogP contribution in [0.5, 0.6) is 5.75 Å². The minimum atomic E-state index is -0.191. The average Bonchev–Trinajstić information content (AvgIpc) is 3.31. The van der Waals surface area contributed by atoms with Gasteiger partial charge in [-0.15, -0.1) is 0 Å². The van der Waals surface area contributed by atoms with Gasteiger partial charge in [-0.2, -0.15) is 0 Å². The van der Waals surface area contributed by atoms with Crippen molar-refractivity contribution in [2.45, 2.75) is 46.5 Å². The lowest BCUT2D eigenvalue weighted by atomic mass is 9.85. The zero-order valence-electron chi connectivity index (χ0n) is 36.5. The van der Waals surface area contributed by atoms with E-state index in [2.05, 4.69) is 196 Å². The third-order valence-electron chi connectivity index (χ3n) is 11.9. The predicted molar refractivity (Wildman–Crippen MR) is 263 cm³/mol. The molecule has 0 bridgehead atoms. The van der Waals surface area contributed by atoms with Gasteiger partial charge in [0.2, 0.25) is 0 Å². The summed E-state index contributed by atoms with van der Waals surface area (Å²) in [7, 11) is 0. The molecule has 0 aliphatic heterocycles. The first kappa shape index (κ1) is 40.8. The Morgan fingerprint density at radius 1 is 0.492 bits per heavy atom. The van der Waals surface area contributed by atoms with E-state index in [9.17, 15) is 5.11 Å². The van der Waals surface area contributed by atoms with Crippen LogP contribution in [-0.2, 0) is 11.8 Å². The Labute approximate surface area is 371 Å². The lowest BCUT2D eigenvalue weighted by Crippen LogP contribution is -2.16. The van der Waals surface area contributed by atoms with Crippen molar-refractivity contribution < 1.29 is 5.11 Å². The number of para-hydroxylation sites is 1. The summed E-state index contributed by atoms with van der Waals surface area (Å²) in [6.07, 6.45) is 2.80. The first-order valence-corrected chi connectivity index (χ1v) is 21.7. The Morgan fingerprint density at radius 2 is 1.08 bits per heavy atom. The highest BCUT2D eigenvalue weighted by Crippen LogP contribution is 2.44. The molecular weight excluding hydrogens is 767 g/mol. The monoisotopic (exact) mass is 817 g/mol. The summed E-state index contributed by atoms with van der Waals surface area (Å²) in [5.74, 6) is 1.05. The number of hydrogen-bond acceptors (Lipinski definition) is 4. The number of benzene rings is 7. The van der Waals surface area contributed by atoms with Crippen LogP contribution < -0.4 is 4.90 Å². The molecule has 4 heteroatoms. The zero-order chi connectivity index (χ0) is 43.5. The van der Waals surface area contributed by atoms with E-state index in [1.807, 2.05) is 43.5 Å². The van der Waals surface area contributed by atoms with E-state index in [1.165, 1.54) is 11.1 Å². The number of hydrogen-bond donors (Lipinski definition) is 1. The minimum Gasteiger partial charge on any atom is -0.507 e. The number of anilines is 3. The highest BCUT2D eigenvalue weighted by atomic mass is 16.3. The van der Waals surface area contributed by atoms with Gasteiger partial charge in [0.25, 0.3) is 0 Å². The highest BCUT2D eigenvalue weighted by molar-refractivity contribution is 5.86. The van der Waals surface area contributed by atoms with E-state index in [-0.39, 0.29) is 11.2 Å². The summed E-state index contributed by atoms with van der Waals surface area (Å²) >= 11 is 0. The maximum Gasteiger partial charge on any atom is 0.138 e. The molecule has 0 amide bonds. The summed E-state index contributed by atoms with van der Waals surface area (Å²) in [6, 6.07) is 68.0. The predicted octanol–water partition coefficient (Wildman–Crippen LogP) is 15.5. The van der Waals surface area contributed by atoms with Crippen LogP contribution in [0.4, 0.5) is 17.2 Å². The second kappa shape index (κ2) is 17.4. The number of aryl methyl sites for hydroxylation is 1. The van der Waals surface area contributed by atoms with Crippen LogP contribution in [0.15, 0.2) is 200 Å². The largest absolute Gasteiger partial charge is 0.507 e. The Bertz CT molecular complexity index is 3010. The van der Waals surface area contributed by atoms with Crippen LogP contribution in [0.25, 0.3) is 55.9 Å².